The second-order valence-electron chi connectivity index (χ2n) is 6.13. The summed E-state index contributed by atoms with van der Waals surface area (Å²) in [6, 6.07) is 4.66. The monoisotopic (exact) mass is 403 g/mol. The molecule has 0 heterocycles. The van der Waals surface area contributed by atoms with Crippen molar-refractivity contribution in [1.29, 1.82) is 0 Å². The van der Waals surface area contributed by atoms with Crippen molar-refractivity contribution in [1.82, 2.24) is 14.5 Å². The molecular weight excluding hydrogens is 377 g/mol. The molecule has 152 valence electrons. The molecule has 1 aromatic rings. The van der Waals surface area contributed by atoms with Crippen molar-refractivity contribution in [2.75, 3.05) is 40.1 Å². The number of ether oxygens (including phenoxy) is 1. The van der Waals surface area contributed by atoms with Gasteiger partial charge < -0.3 is 15.0 Å². The van der Waals surface area contributed by atoms with E-state index in [4.69, 9.17) is 4.74 Å². The minimum absolute atomic E-state index is 0.0373. The third kappa shape index (κ3) is 7.61. The molecule has 0 unspecified atom stereocenters. The zero-order chi connectivity index (χ0) is 20.6. The normalized spacial score (nSPS) is 12.7. The van der Waals surface area contributed by atoms with Crippen molar-refractivity contribution in [2.24, 2.45) is 0 Å². The summed E-state index contributed by atoms with van der Waals surface area (Å²) < 4.78 is 42.1. The Morgan fingerprint density at radius 2 is 1.85 bits per heavy atom. The lowest BCUT2D eigenvalue weighted by Crippen LogP contribution is -2.50. The molecule has 1 aromatic carbocycles. The Morgan fingerprint density at radius 1 is 1.26 bits per heavy atom. The molecule has 0 aliphatic heterocycles. The van der Waals surface area contributed by atoms with Crippen LogP contribution < -0.4 is 5.32 Å². The first kappa shape index (κ1) is 23.0. The van der Waals surface area contributed by atoms with Gasteiger partial charge in [0.15, 0.2) is 0 Å². The lowest BCUT2D eigenvalue weighted by atomic mass is 10.1. The van der Waals surface area contributed by atoms with Crippen molar-refractivity contribution in [3.05, 3.63) is 35.6 Å². The highest BCUT2D eigenvalue weighted by Crippen LogP contribution is 2.11. The maximum Gasteiger partial charge on any atom is 0.242 e. The number of carbonyl (C=O) groups excluding carboxylic acids is 2. The highest BCUT2D eigenvalue weighted by molar-refractivity contribution is 7.88. The van der Waals surface area contributed by atoms with Gasteiger partial charge in [0.25, 0.3) is 0 Å². The van der Waals surface area contributed by atoms with Crippen molar-refractivity contribution < 1.29 is 27.1 Å². The Morgan fingerprint density at radius 3 is 2.37 bits per heavy atom. The van der Waals surface area contributed by atoms with E-state index in [-0.39, 0.29) is 13.1 Å². The van der Waals surface area contributed by atoms with E-state index in [1.807, 2.05) is 0 Å². The largest absolute Gasteiger partial charge is 0.383 e. The summed E-state index contributed by atoms with van der Waals surface area (Å²) in [7, 11) is -0.769. The van der Waals surface area contributed by atoms with Crippen LogP contribution in [0.4, 0.5) is 4.39 Å². The Balaban J connectivity index is 2.98. The van der Waals surface area contributed by atoms with Gasteiger partial charge in [0.2, 0.25) is 21.8 Å². The zero-order valence-electron chi connectivity index (χ0n) is 15.9. The first-order valence-corrected chi connectivity index (χ1v) is 10.1. The van der Waals surface area contributed by atoms with Crippen LogP contribution in [0.1, 0.15) is 12.5 Å². The van der Waals surface area contributed by atoms with E-state index in [0.29, 0.717) is 12.2 Å². The smallest absolute Gasteiger partial charge is 0.242 e. The van der Waals surface area contributed by atoms with E-state index in [1.165, 1.54) is 43.3 Å². The molecule has 0 aliphatic rings. The number of hydrogen-bond donors (Lipinski definition) is 1. The maximum atomic E-state index is 13.1. The van der Waals surface area contributed by atoms with Crippen LogP contribution in [0.5, 0.6) is 0 Å². The number of nitrogens with one attached hydrogen (secondary N) is 1. The Bertz CT molecular complexity index is 739. The molecule has 0 saturated carbocycles. The van der Waals surface area contributed by atoms with Crippen LogP contribution in [0.3, 0.4) is 0 Å². The highest BCUT2D eigenvalue weighted by Gasteiger charge is 2.28. The number of benzene rings is 1. The first-order chi connectivity index (χ1) is 12.6. The molecule has 0 aromatic heterocycles. The fraction of sp³-hybridized carbons (Fsp3) is 0.529. The maximum absolute atomic E-state index is 13.1. The topological polar surface area (TPSA) is 96.0 Å². The fourth-order valence-electron chi connectivity index (χ4n) is 2.19. The Hall–Kier alpha value is -2.04. The number of nitrogens with zero attached hydrogens (tertiary/aromatic N) is 2. The first-order valence-electron chi connectivity index (χ1n) is 8.28. The number of carbonyl (C=O) groups is 2. The van der Waals surface area contributed by atoms with Gasteiger partial charge in [0, 0.05) is 27.2 Å². The minimum Gasteiger partial charge on any atom is -0.383 e. The summed E-state index contributed by atoms with van der Waals surface area (Å²) in [6.45, 7) is 1.78. The summed E-state index contributed by atoms with van der Waals surface area (Å²) in [4.78, 5) is 26.3. The lowest BCUT2D eigenvalue weighted by molar-refractivity contribution is -0.140. The van der Waals surface area contributed by atoms with E-state index in [2.05, 4.69) is 5.32 Å². The van der Waals surface area contributed by atoms with Gasteiger partial charge in [-0.05, 0) is 24.6 Å². The second kappa shape index (κ2) is 10.3. The standard InChI is InChI=1S/C17H26FN3O5S/c1-13(17(23)19-9-10-26-3)21(11-14-5-7-15(18)8-6-14)16(22)12-20(2)27(4,24)25/h5-8,13H,9-12H2,1-4H3,(H,19,23)/t13-/m0/s1. The molecule has 2 amide bonds. The summed E-state index contributed by atoms with van der Waals surface area (Å²) in [5.74, 6) is -1.36. The van der Waals surface area contributed by atoms with Crippen molar-refractivity contribution in [3.63, 3.8) is 0 Å². The molecule has 0 fully saturated rings. The van der Waals surface area contributed by atoms with E-state index >= 15 is 0 Å². The molecule has 0 saturated heterocycles. The van der Waals surface area contributed by atoms with Crippen LogP contribution in [0.2, 0.25) is 0 Å². The van der Waals surface area contributed by atoms with E-state index in [0.717, 1.165) is 10.6 Å². The van der Waals surface area contributed by atoms with Crippen LogP contribution in [0.15, 0.2) is 24.3 Å². The summed E-state index contributed by atoms with van der Waals surface area (Å²) in [6.07, 6.45) is 0.992. The number of halogens is 1. The molecule has 1 rings (SSSR count). The predicted octanol–water partition coefficient (Wildman–Crippen LogP) is 0.197. The highest BCUT2D eigenvalue weighted by atomic mass is 32.2. The third-order valence-corrected chi connectivity index (χ3v) is 5.22. The summed E-state index contributed by atoms with van der Waals surface area (Å²) in [5.41, 5.74) is 0.614. The van der Waals surface area contributed by atoms with Crippen molar-refractivity contribution in [3.8, 4) is 0 Å². The number of rotatable bonds is 10. The SMILES string of the molecule is COCCNC(=O)[C@H](C)N(Cc1ccc(F)cc1)C(=O)CN(C)S(C)(=O)=O. The zero-order valence-corrected chi connectivity index (χ0v) is 16.8. The van der Waals surface area contributed by atoms with E-state index < -0.39 is 40.2 Å². The van der Waals surface area contributed by atoms with Crippen molar-refractivity contribution in [2.45, 2.75) is 19.5 Å². The number of amides is 2. The van der Waals surface area contributed by atoms with E-state index in [1.54, 1.807) is 6.92 Å². The predicted molar refractivity (Wildman–Crippen MR) is 98.8 cm³/mol. The Labute approximate surface area is 159 Å². The van der Waals surface area contributed by atoms with Gasteiger partial charge in [-0.2, -0.15) is 4.31 Å². The van der Waals surface area contributed by atoms with Gasteiger partial charge in [-0.1, -0.05) is 12.1 Å². The fourth-order valence-corrected chi connectivity index (χ4v) is 2.54. The molecule has 10 heteroatoms. The average molecular weight is 403 g/mol. The molecule has 1 atom stereocenters. The average Bonchev–Trinajstić information content (AvgIpc) is 2.59. The van der Waals surface area contributed by atoms with Gasteiger partial charge >= 0.3 is 0 Å². The summed E-state index contributed by atoms with van der Waals surface area (Å²) in [5, 5.41) is 2.65. The lowest BCUT2D eigenvalue weighted by Gasteiger charge is -2.30. The molecule has 0 bridgehead atoms. The molecular formula is C17H26FN3O5S. The van der Waals surface area contributed by atoms with Gasteiger partial charge in [-0.3, -0.25) is 9.59 Å². The molecule has 1 N–H and O–H groups in total. The summed E-state index contributed by atoms with van der Waals surface area (Å²) >= 11 is 0. The minimum atomic E-state index is -3.55. The van der Waals surface area contributed by atoms with Gasteiger partial charge in [-0.25, -0.2) is 12.8 Å². The number of likely N-dealkylation sites (N-methyl/N-ethyl adjacent to an activating group) is 1. The van der Waals surface area contributed by atoms with Crippen LogP contribution in [0.25, 0.3) is 0 Å². The third-order valence-electron chi connectivity index (χ3n) is 3.96. The van der Waals surface area contributed by atoms with E-state index in [9.17, 15) is 22.4 Å². The molecule has 0 aliphatic carbocycles. The number of sulfonamides is 1. The van der Waals surface area contributed by atoms with Crippen LogP contribution in [-0.4, -0.2) is 75.6 Å². The number of methoxy groups -OCH3 is 1. The van der Waals surface area contributed by atoms with Crippen LogP contribution in [0, 0.1) is 5.82 Å². The van der Waals surface area contributed by atoms with Crippen molar-refractivity contribution >= 4 is 21.8 Å². The van der Waals surface area contributed by atoms with Crippen LogP contribution in [-0.2, 0) is 30.9 Å². The molecule has 0 spiro atoms. The Kier molecular flexibility index (Phi) is 8.80. The number of hydrogen-bond acceptors (Lipinski definition) is 5. The van der Waals surface area contributed by atoms with Gasteiger partial charge in [0.05, 0.1) is 19.4 Å². The molecule has 0 radical (unpaired) electrons. The second-order valence-corrected chi connectivity index (χ2v) is 8.22. The van der Waals surface area contributed by atoms with Gasteiger partial charge in [0.1, 0.15) is 11.9 Å². The molecule has 8 nitrogen and oxygen atoms in total. The molecule has 27 heavy (non-hydrogen) atoms. The van der Waals surface area contributed by atoms with Crippen LogP contribution >= 0.6 is 0 Å². The van der Waals surface area contributed by atoms with Gasteiger partial charge in [-0.15, -0.1) is 0 Å². The quantitative estimate of drug-likeness (QED) is 0.563.